The van der Waals surface area contributed by atoms with E-state index in [-0.39, 0.29) is 5.82 Å². The molecular formula is C12H15FN4S. The number of rotatable bonds is 4. The number of aryl methyl sites for hydroxylation is 2. The van der Waals surface area contributed by atoms with Crippen molar-refractivity contribution in [1.82, 2.24) is 15.0 Å². The molecule has 3 N–H and O–H groups in total. The lowest BCUT2D eigenvalue weighted by Gasteiger charge is -2.16. The first-order valence-corrected chi connectivity index (χ1v) is 6.48. The van der Waals surface area contributed by atoms with Crippen LogP contribution in [0.1, 0.15) is 34.7 Å². The molecule has 0 saturated carbocycles. The summed E-state index contributed by atoms with van der Waals surface area (Å²) < 4.78 is 17.8. The number of hydrogen-bond donors (Lipinski definition) is 2. The van der Waals surface area contributed by atoms with E-state index in [4.69, 9.17) is 5.84 Å². The third kappa shape index (κ3) is 2.40. The lowest BCUT2D eigenvalue weighted by molar-refractivity contribution is 0.561. The minimum Gasteiger partial charge on any atom is -0.271 e. The van der Waals surface area contributed by atoms with Crippen LogP contribution in [0.25, 0.3) is 0 Å². The summed E-state index contributed by atoms with van der Waals surface area (Å²) in [5.41, 5.74) is 5.02. The van der Waals surface area contributed by atoms with E-state index in [9.17, 15) is 4.39 Å². The van der Waals surface area contributed by atoms with E-state index < -0.39 is 6.04 Å². The molecular weight excluding hydrogens is 251 g/mol. The summed E-state index contributed by atoms with van der Waals surface area (Å²) in [4.78, 5) is 0.865. The summed E-state index contributed by atoms with van der Waals surface area (Å²) in [6.45, 7) is 3.91. The maximum atomic E-state index is 13.9. The van der Waals surface area contributed by atoms with Crippen molar-refractivity contribution in [1.29, 1.82) is 0 Å². The molecule has 0 amide bonds. The zero-order chi connectivity index (χ0) is 13.1. The summed E-state index contributed by atoms with van der Waals surface area (Å²) in [6.07, 6.45) is 0.747. The highest BCUT2D eigenvalue weighted by Gasteiger charge is 2.22. The maximum absolute atomic E-state index is 13.9. The van der Waals surface area contributed by atoms with Crippen molar-refractivity contribution in [3.05, 3.63) is 45.7 Å². The molecule has 1 heterocycles. The molecule has 0 aliphatic heterocycles. The molecule has 6 heteroatoms. The Kier molecular flexibility index (Phi) is 4.00. The molecule has 0 spiro atoms. The van der Waals surface area contributed by atoms with Crippen molar-refractivity contribution < 1.29 is 4.39 Å². The maximum Gasteiger partial charge on any atom is 0.128 e. The Bertz CT molecular complexity index is 541. The van der Waals surface area contributed by atoms with E-state index in [2.05, 4.69) is 15.0 Å². The number of hydrogen-bond acceptors (Lipinski definition) is 5. The van der Waals surface area contributed by atoms with Gasteiger partial charge in [-0.1, -0.05) is 29.1 Å². The summed E-state index contributed by atoms with van der Waals surface area (Å²) >= 11 is 1.25. The van der Waals surface area contributed by atoms with Crippen LogP contribution in [-0.2, 0) is 6.42 Å². The fourth-order valence-electron chi connectivity index (χ4n) is 1.87. The van der Waals surface area contributed by atoms with Crippen molar-refractivity contribution in [2.75, 3.05) is 0 Å². The molecule has 1 atom stereocenters. The van der Waals surface area contributed by atoms with Gasteiger partial charge in [0.1, 0.15) is 5.82 Å². The standard InChI is InChI=1S/C12H15FN4S/c1-3-10-12(18-17-16-10)11(15-14)8-6-7(2)4-5-9(8)13/h4-6,11,15H,3,14H2,1-2H3. The number of benzene rings is 1. The van der Waals surface area contributed by atoms with Gasteiger partial charge in [0.05, 0.1) is 16.6 Å². The number of nitrogens with two attached hydrogens (primary N) is 1. The SMILES string of the molecule is CCc1nnsc1C(NN)c1cc(C)ccc1F. The van der Waals surface area contributed by atoms with Crippen LogP contribution in [0.2, 0.25) is 0 Å². The molecule has 18 heavy (non-hydrogen) atoms. The molecule has 0 bridgehead atoms. The zero-order valence-electron chi connectivity index (χ0n) is 10.3. The van der Waals surface area contributed by atoms with E-state index in [1.807, 2.05) is 13.8 Å². The fraction of sp³-hybridized carbons (Fsp3) is 0.333. The molecule has 1 unspecified atom stereocenters. The monoisotopic (exact) mass is 266 g/mol. The quantitative estimate of drug-likeness (QED) is 0.657. The van der Waals surface area contributed by atoms with Crippen LogP contribution in [0.3, 0.4) is 0 Å². The van der Waals surface area contributed by atoms with Gasteiger partial charge in [0, 0.05) is 5.56 Å². The molecule has 0 saturated heterocycles. The predicted molar refractivity (Wildman–Crippen MR) is 69.6 cm³/mol. The molecule has 0 radical (unpaired) electrons. The molecule has 0 aliphatic rings. The van der Waals surface area contributed by atoms with E-state index in [0.29, 0.717) is 5.56 Å². The van der Waals surface area contributed by atoms with Crippen molar-refractivity contribution in [3.8, 4) is 0 Å². The van der Waals surface area contributed by atoms with Crippen LogP contribution in [0.4, 0.5) is 4.39 Å². The second-order valence-electron chi connectivity index (χ2n) is 4.06. The molecule has 1 aromatic heterocycles. The fourth-order valence-corrected chi connectivity index (χ4v) is 2.69. The molecule has 96 valence electrons. The van der Waals surface area contributed by atoms with Gasteiger partial charge in [0.2, 0.25) is 0 Å². The molecule has 4 nitrogen and oxygen atoms in total. The highest BCUT2D eigenvalue weighted by atomic mass is 32.1. The second kappa shape index (κ2) is 5.51. The van der Waals surface area contributed by atoms with Crippen molar-refractivity contribution in [2.45, 2.75) is 26.3 Å². The van der Waals surface area contributed by atoms with Crippen LogP contribution in [0.5, 0.6) is 0 Å². The Morgan fingerprint density at radius 1 is 1.50 bits per heavy atom. The lowest BCUT2D eigenvalue weighted by atomic mass is 10.0. The highest BCUT2D eigenvalue weighted by Crippen LogP contribution is 2.29. The number of nitrogens with zero attached hydrogens (tertiary/aromatic N) is 2. The Morgan fingerprint density at radius 3 is 2.94 bits per heavy atom. The van der Waals surface area contributed by atoms with Gasteiger partial charge in [0.25, 0.3) is 0 Å². The van der Waals surface area contributed by atoms with Gasteiger partial charge in [-0.05, 0) is 30.9 Å². The molecule has 0 fully saturated rings. The van der Waals surface area contributed by atoms with Gasteiger partial charge in [-0.25, -0.2) is 9.82 Å². The largest absolute Gasteiger partial charge is 0.271 e. The van der Waals surface area contributed by atoms with Crippen molar-refractivity contribution >= 4 is 11.5 Å². The minimum atomic E-state index is -0.403. The van der Waals surface area contributed by atoms with E-state index in [1.54, 1.807) is 12.1 Å². The summed E-state index contributed by atoms with van der Waals surface area (Å²) in [6, 6.07) is 4.58. The number of hydrazine groups is 1. The number of nitrogens with one attached hydrogen (secondary N) is 1. The molecule has 0 aliphatic carbocycles. The van der Waals surface area contributed by atoms with Crippen LogP contribution in [0, 0.1) is 12.7 Å². The topological polar surface area (TPSA) is 63.8 Å². The average molecular weight is 266 g/mol. The Labute approximate surface area is 109 Å². The van der Waals surface area contributed by atoms with Crippen LogP contribution < -0.4 is 11.3 Å². The van der Waals surface area contributed by atoms with E-state index in [1.165, 1.54) is 17.6 Å². The second-order valence-corrected chi connectivity index (χ2v) is 4.85. The molecule has 1 aromatic carbocycles. The van der Waals surface area contributed by atoms with Gasteiger partial charge >= 0.3 is 0 Å². The van der Waals surface area contributed by atoms with Gasteiger partial charge in [0.15, 0.2) is 0 Å². The summed E-state index contributed by atoms with van der Waals surface area (Å²) in [5.74, 6) is 5.29. The first-order valence-electron chi connectivity index (χ1n) is 5.70. The smallest absolute Gasteiger partial charge is 0.128 e. The predicted octanol–water partition coefficient (Wildman–Crippen LogP) is 2.10. The third-order valence-corrected chi connectivity index (χ3v) is 3.64. The van der Waals surface area contributed by atoms with Gasteiger partial charge in [-0.15, -0.1) is 5.10 Å². The minimum absolute atomic E-state index is 0.279. The van der Waals surface area contributed by atoms with Gasteiger partial charge in [-0.3, -0.25) is 5.84 Å². The van der Waals surface area contributed by atoms with Crippen molar-refractivity contribution in [3.63, 3.8) is 0 Å². The number of halogens is 1. The average Bonchev–Trinajstić information content (AvgIpc) is 2.83. The van der Waals surface area contributed by atoms with Gasteiger partial charge in [-0.2, -0.15) is 0 Å². The number of aromatic nitrogens is 2. The van der Waals surface area contributed by atoms with Crippen LogP contribution >= 0.6 is 11.5 Å². The third-order valence-electron chi connectivity index (χ3n) is 2.81. The summed E-state index contributed by atoms with van der Waals surface area (Å²) in [5, 5.41) is 4.03. The molecule has 2 aromatic rings. The normalized spacial score (nSPS) is 12.7. The first kappa shape index (κ1) is 13.1. The Morgan fingerprint density at radius 2 is 2.28 bits per heavy atom. The Hall–Kier alpha value is -1.37. The zero-order valence-corrected chi connectivity index (χ0v) is 11.1. The van der Waals surface area contributed by atoms with E-state index in [0.717, 1.165) is 22.6 Å². The van der Waals surface area contributed by atoms with Gasteiger partial charge < -0.3 is 0 Å². The van der Waals surface area contributed by atoms with Crippen LogP contribution in [-0.4, -0.2) is 9.59 Å². The van der Waals surface area contributed by atoms with Crippen molar-refractivity contribution in [2.24, 2.45) is 5.84 Å². The highest BCUT2D eigenvalue weighted by molar-refractivity contribution is 7.05. The van der Waals surface area contributed by atoms with Crippen LogP contribution in [0.15, 0.2) is 18.2 Å². The molecule has 2 rings (SSSR count). The lowest BCUT2D eigenvalue weighted by Crippen LogP contribution is -2.29. The Balaban J connectivity index is 2.48. The summed E-state index contributed by atoms with van der Waals surface area (Å²) in [7, 11) is 0. The van der Waals surface area contributed by atoms with E-state index >= 15 is 0 Å². The first-order chi connectivity index (χ1) is 8.67.